The van der Waals surface area contributed by atoms with Crippen LogP contribution in [-0.4, -0.2) is 15.9 Å². The number of carbonyl (C=O) groups excluding carboxylic acids is 1. The van der Waals surface area contributed by atoms with Gasteiger partial charge in [-0.1, -0.05) is 0 Å². The Bertz CT molecular complexity index is 597. The molecule has 5 nitrogen and oxygen atoms in total. The molecule has 1 amide bonds. The second-order valence-electron chi connectivity index (χ2n) is 3.58. The van der Waals surface area contributed by atoms with E-state index in [9.17, 15) is 4.79 Å². The van der Waals surface area contributed by atoms with Gasteiger partial charge in [-0.15, -0.1) is 11.3 Å². The third-order valence-corrected chi connectivity index (χ3v) is 3.04. The Hall–Kier alpha value is -2.26. The molecule has 90 valence electrons. The monoisotopic (exact) mass is 258 g/mol. The predicted molar refractivity (Wildman–Crippen MR) is 67.0 cm³/mol. The van der Waals surface area contributed by atoms with Crippen molar-refractivity contribution in [2.45, 2.75) is 13.5 Å². The van der Waals surface area contributed by atoms with Crippen molar-refractivity contribution in [3.05, 3.63) is 45.7 Å². The molecule has 6 heteroatoms. The fraction of sp³-hybridized carbons (Fsp3) is 0.167. The Morgan fingerprint density at radius 1 is 1.56 bits per heavy atom. The SMILES string of the molecule is Cc1nc(CNC(=O)c2ccc(C#N)cn2)cs1. The summed E-state index contributed by atoms with van der Waals surface area (Å²) in [5.74, 6) is -0.273. The van der Waals surface area contributed by atoms with Gasteiger partial charge >= 0.3 is 0 Å². The first-order chi connectivity index (χ1) is 8.69. The van der Waals surface area contributed by atoms with Gasteiger partial charge in [0.1, 0.15) is 11.8 Å². The van der Waals surface area contributed by atoms with Crippen molar-refractivity contribution in [1.82, 2.24) is 15.3 Å². The Labute approximate surface area is 108 Å². The van der Waals surface area contributed by atoms with Crippen LogP contribution in [0.1, 0.15) is 26.8 Å². The number of thiazole rings is 1. The number of aromatic nitrogens is 2. The highest BCUT2D eigenvalue weighted by Gasteiger charge is 2.07. The first-order valence-electron chi connectivity index (χ1n) is 5.24. The highest BCUT2D eigenvalue weighted by atomic mass is 32.1. The van der Waals surface area contributed by atoms with Crippen LogP contribution in [0.2, 0.25) is 0 Å². The highest BCUT2D eigenvalue weighted by Crippen LogP contribution is 2.07. The molecule has 0 aliphatic heterocycles. The van der Waals surface area contributed by atoms with Crippen molar-refractivity contribution in [2.24, 2.45) is 0 Å². The average Bonchev–Trinajstić information content (AvgIpc) is 2.82. The van der Waals surface area contributed by atoms with E-state index in [4.69, 9.17) is 5.26 Å². The Balaban J connectivity index is 1.97. The summed E-state index contributed by atoms with van der Waals surface area (Å²) in [5, 5.41) is 14.2. The molecule has 0 saturated carbocycles. The van der Waals surface area contributed by atoms with E-state index in [1.807, 2.05) is 18.4 Å². The average molecular weight is 258 g/mol. The quantitative estimate of drug-likeness (QED) is 0.907. The lowest BCUT2D eigenvalue weighted by atomic mass is 10.2. The minimum absolute atomic E-state index is 0.273. The zero-order chi connectivity index (χ0) is 13.0. The maximum Gasteiger partial charge on any atom is 0.270 e. The fourth-order valence-corrected chi connectivity index (χ4v) is 1.96. The predicted octanol–water partition coefficient (Wildman–Crippen LogP) is 1.65. The van der Waals surface area contributed by atoms with Crippen molar-refractivity contribution in [1.29, 1.82) is 5.26 Å². The summed E-state index contributed by atoms with van der Waals surface area (Å²) in [6.45, 7) is 2.29. The number of nitriles is 1. The van der Waals surface area contributed by atoms with Gasteiger partial charge in [0.2, 0.25) is 0 Å². The largest absolute Gasteiger partial charge is 0.345 e. The van der Waals surface area contributed by atoms with Crippen molar-refractivity contribution < 1.29 is 4.79 Å². The molecule has 0 aliphatic carbocycles. The molecule has 0 aliphatic rings. The van der Waals surface area contributed by atoms with Gasteiger partial charge in [-0.2, -0.15) is 5.26 Å². The first kappa shape index (κ1) is 12.2. The molecule has 1 N–H and O–H groups in total. The van der Waals surface area contributed by atoms with E-state index in [1.54, 1.807) is 17.4 Å². The summed E-state index contributed by atoms with van der Waals surface area (Å²) in [4.78, 5) is 19.9. The van der Waals surface area contributed by atoms with Gasteiger partial charge in [0.25, 0.3) is 5.91 Å². The lowest BCUT2D eigenvalue weighted by Crippen LogP contribution is -2.23. The number of rotatable bonds is 3. The molecule has 2 aromatic heterocycles. The van der Waals surface area contributed by atoms with Crippen molar-refractivity contribution in [3.8, 4) is 6.07 Å². The van der Waals surface area contributed by atoms with Crippen molar-refractivity contribution in [3.63, 3.8) is 0 Å². The minimum atomic E-state index is -0.273. The van der Waals surface area contributed by atoms with Gasteiger partial charge in [0, 0.05) is 11.6 Å². The molecular formula is C12H10N4OS. The number of pyridine rings is 1. The summed E-state index contributed by atoms with van der Waals surface area (Å²) in [6, 6.07) is 5.04. The molecule has 0 bridgehead atoms. The van der Waals surface area contributed by atoms with Gasteiger partial charge in [-0.25, -0.2) is 9.97 Å². The van der Waals surface area contributed by atoms with E-state index in [1.165, 1.54) is 12.3 Å². The topological polar surface area (TPSA) is 78.7 Å². The maximum atomic E-state index is 11.7. The molecular weight excluding hydrogens is 248 g/mol. The lowest BCUT2D eigenvalue weighted by molar-refractivity contribution is 0.0945. The maximum absolute atomic E-state index is 11.7. The number of nitrogens with one attached hydrogen (secondary N) is 1. The van der Waals surface area contributed by atoms with E-state index in [0.717, 1.165) is 10.7 Å². The molecule has 2 rings (SSSR count). The zero-order valence-corrected chi connectivity index (χ0v) is 10.5. The molecule has 0 unspecified atom stereocenters. The van der Waals surface area contributed by atoms with Gasteiger partial charge in [0.15, 0.2) is 0 Å². The smallest absolute Gasteiger partial charge is 0.270 e. The summed E-state index contributed by atoms with van der Waals surface area (Å²) in [5.41, 5.74) is 1.56. The summed E-state index contributed by atoms with van der Waals surface area (Å²) < 4.78 is 0. The first-order valence-corrected chi connectivity index (χ1v) is 6.12. The van der Waals surface area contributed by atoms with E-state index in [0.29, 0.717) is 17.8 Å². The van der Waals surface area contributed by atoms with Crippen LogP contribution in [0.4, 0.5) is 0 Å². The van der Waals surface area contributed by atoms with Crippen LogP contribution in [-0.2, 0) is 6.54 Å². The molecule has 0 spiro atoms. The van der Waals surface area contributed by atoms with Crippen LogP contribution in [0.3, 0.4) is 0 Å². The molecule has 18 heavy (non-hydrogen) atoms. The minimum Gasteiger partial charge on any atom is -0.345 e. The number of aryl methyl sites for hydroxylation is 1. The van der Waals surface area contributed by atoms with E-state index in [-0.39, 0.29) is 5.91 Å². The molecule has 2 aromatic rings. The van der Waals surface area contributed by atoms with E-state index in [2.05, 4.69) is 15.3 Å². The van der Waals surface area contributed by atoms with Crippen LogP contribution in [0.25, 0.3) is 0 Å². The number of carbonyl (C=O) groups is 1. The number of amides is 1. The van der Waals surface area contributed by atoms with Crippen molar-refractivity contribution in [2.75, 3.05) is 0 Å². The number of hydrogen-bond acceptors (Lipinski definition) is 5. The van der Waals surface area contributed by atoms with Crippen LogP contribution >= 0.6 is 11.3 Å². The highest BCUT2D eigenvalue weighted by molar-refractivity contribution is 7.09. The van der Waals surface area contributed by atoms with Crippen molar-refractivity contribution >= 4 is 17.2 Å². The number of hydrogen-bond donors (Lipinski definition) is 1. The zero-order valence-electron chi connectivity index (χ0n) is 9.67. The van der Waals surface area contributed by atoms with Gasteiger partial charge in [-0.05, 0) is 19.1 Å². The third kappa shape index (κ3) is 2.90. The van der Waals surface area contributed by atoms with Gasteiger partial charge < -0.3 is 5.32 Å². The van der Waals surface area contributed by atoms with Crippen LogP contribution < -0.4 is 5.32 Å². The Kier molecular flexibility index (Phi) is 3.65. The summed E-state index contributed by atoms with van der Waals surface area (Å²) in [6.07, 6.45) is 1.38. The van der Waals surface area contributed by atoms with Gasteiger partial charge in [-0.3, -0.25) is 4.79 Å². The standard InChI is InChI=1S/C12H10N4OS/c1-8-16-10(7-18-8)6-15-12(17)11-3-2-9(4-13)5-14-11/h2-3,5,7H,6H2,1H3,(H,15,17). The molecule has 0 saturated heterocycles. The molecule has 0 fully saturated rings. The third-order valence-electron chi connectivity index (χ3n) is 2.22. The normalized spacial score (nSPS) is 9.78. The van der Waals surface area contributed by atoms with E-state index < -0.39 is 0 Å². The number of nitrogens with zero attached hydrogens (tertiary/aromatic N) is 3. The second kappa shape index (κ2) is 5.38. The van der Waals surface area contributed by atoms with Crippen LogP contribution in [0, 0.1) is 18.3 Å². The van der Waals surface area contributed by atoms with E-state index >= 15 is 0 Å². The summed E-state index contributed by atoms with van der Waals surface area (Å²) >= 11 is 1.54. The lowest BCUT2D eigenvalue weighted by Gasteiger charge is -2.02. The van der Waals surface area contributed by atoms with Gasteiger partial charge in [0.05, 0.1) is 22.8 Å². The fourth-order valence-electron chi connectivity index (χ4n) is 1.35. The molecule has 0 atom stereocenters. The Morgan fingerprint density at radius 3 is 2.94 bits per heavy atom. The Morgan fingerprint density at radius 2 is 2.39 bits per heavy atom. The van der Waals surface area contributed by atoms with Crippen LogP contribution in [0.5, 0.6) is 0 Å². The molecule has 0 radical (unpaired) electrons. The molecule has 0 aromatic carbocycles. The summed E-state index contributed by atoms with van der Waals surface area (Å²) in [7, 11) is 0. The molecule has 2 heterocycles. The van der Waals surface area contributed by atoms with Crippen LogP contribution in [0.15, 0.2) is 23.7 Å². The second-order valence-corrected chi connectivity index (χ2v) is 4.65.